The number of nitrogens with one attached hydrogen (secondary N) is 1. The average molecular weight is 961 g/mol. The van der Waals surface area contributed by atoms with Gasteiger partial charge in [-0.2, -0.15) is 0 Å². The van der Waals surface area contributed by atoms with Crippen LogP contribution in [0.3, 0.4) is 0 Å². The summed E-state index contributed by atoms with van der Waals surface area (Å²) >= 11 is 0. The smallest absolute Gasteiger partial charge is 0.306 e. The molecule has 0 spiro atoms. The van der Waals surface area contributed by atoms with Gasteiger partial charge in [-0.3, -0.25) is 9.59 Å². The molecule has 3 atom stereocenters. The van der Waals surface area contributed by atoms with E-state index in [9.17, 15) is 19.8 Å². The Hall–Kier alpha value is -1.40. The van der Waals surface area contributed by atoms with Crippen molar-refractivity contribution >= 4 is 11.9 Å². The van der Waals surface area contributed by atoms with Crippen LogP contribution < -0.4 is 5.32 Å². The van der Waals surface area contributed by atoms with Gasteiger partial charge in [0.2, 0.25) is 5.91 Å². The van der Waals surface area contributed by atoms with Crippen molar-refractivity contribution in [1.29, 1.82) is 0 Å². The second kappa shape index (κ2) is 56.5. The van der Waals surface area contributed by atoms with Crippen molar-refractivity contribution in [1.82, 2.24) is 5.32 Å². The minimum Gasteiger partial charge on any atom is -0.462 e. The summed E-state index contributed by atoms with van der Waals surface area (Å²) in [6.07, 6.45) is 65.7. The van der Waals surface area contributed by atoms with E-state index >= 15 is 0 Å². The molecule has 0 aromatic rings. The zero-order valence-electron chi connectivity index (χ0n) is 46.3. The Labute approximate surface area is 425 Å². The lowest BCUT2D eigenvalue weighted by molar-refractivity contribution is -0.151. The van der Waals surface area contributed by atoms with Crippen LogP contribution in [0, 0.1) is 0 Å². The molecule has 0 saturated carbocycles. The number of ether oxygens (including phenoxy) is 1. The van der Waals surface area contributed by atoms with Gasteiger partial charge < -0.3 is 20.3 Å². The van der Waals surface area contributed by atoms with Gasteiger partial charge in [-0.15, -0.1) is 0 Å². The van der Waals surface area contributed by atoms with Gasteiger partial charge in [-0.1, -0.05) is 296 Å². The van der Waals surface area contributed by atoms with Crippen LogP contribution in [0.25, 0.3) is 0 Å². The first-order valence-electron chi connectivity index (χ1n) is 30.9. The third-order valence-electron chi connectivity index (χ3n) is 14.6. The molecule has 0 heterocycles. The maximum absolute atomic E-state index is 13.3. The fraction of sp³-hybridized carbons (Fsp3) is 0.935. The van der Waals surface area contributed by atoms with Crippen LogP contribution in [-0.2, 0) is 14.3 Å². The summed E-state index contributed by atoms with van der Waals surface area (Å²) in [5.74, 6) is -0.451. The molecule has 0 aromatic carbocycles. The van der Waals surface area contributed by atoms with Crippen molar-refractivity contribution in [2.24, 2.45) is 0 Å². The van der Waals surface area contributed by atoms with Crippen LogP contribution in [0.1, 0.15) is 348 Å². The van der Waals surface area contributed by atoms with Crippen molar-refractivity contribution < 1.29 is 24.5 Å². The Bertz CT molecular complexity index is 1030. The molecule has 0 rings (SSSR count). The van der Waals surface area contributed by atoms with Gasteiger partial charge in [0.05, 0.1) is 25.2 Å². The average Bonchev–Trinajstić information content (AvgIpc) is 3.33. The molecule has 6 nitrogen and oxygen atoms in total. The zero-order chi connectivity index (χ0) is 49.5. The van der Waals surface area contributed by atoms with E-state index in [4.69, 9.17) is 4.74 Å². The van der Waals surface area contributed by atoms with Crippen LogP contribution in [0.2, 0.25) is 0 Å². The molecule has 3 N–H and O–H groups in total. The topological polar surface area (TPSA) is 95.9 Å². The molecule has 0 aliphatic carbocycles. The van der Waals surface area contributed by atoms with Crippen molar-refractivity contribution in [3.05, 3.63) is 12.2 Å². The van der Waals surface area contributed by atoms with E-state index in [0.717, 1.165) is 51.4 Å². The Balaban J connectivity index is 4.50. The number of aliphatic hydroxyl groups is 2. The Morgan fingerprint density at radius 1 is 0.412 bits per heavy atom. The first kappa shape index (κ1) is 66.6. The van der Waals surface area contributed by atoms with Gasteiger partial charge in [0.1, 0.15) is 6.10 Å². The third kappa shape index (κ3) is 51.0. The van der Waals surface area contributed by atoms with Gasteiger partial charge >= 0.3 is 5.97 Å². The summed E-state index contributed by atoms with van der Waals surface area (Å²) in [6, 6.07) is -0.698. The highest BCUT2D eigenvalue weighted by atomic mass is 16.5. The maximum Gasteiger partial charge on any atom is 0.306 e. The number of allylic oxidation sites excluding steroid dienone is 2. The highest BCUT2D eigenvalue weighted by Gasteiger charge is 2.24. The number of esters is 1. The predicted molar refractivity (Wildman–Crippen MR) is 297 cm³/mol. The highest BCUT2D eigenvalue weighted by molar-refractivity contribution is 5.77. The summed E-state index contributed by atoms with van der Waals surface area (Å²) in [5, 5.41) is 23.9. The van der Waals surface area contributed by atoms with Gasteiger partial charge in [0.25, 0.3) is 0 Å². The molecule has 6 heteroatoms. The summed E-state index contributed by atoms with van der Waals surface area (Å²) in [5.41, 5.74) is 0. The van der Waals surface area contributed by atoms with E-state index in [-0.39, 0.29) is 24.9 Å². The minimum atomic E-state index is -0.784. The van der Waals surface area contributed by atoms with Crippen molar-refractivity contribution in [3.8, 4) is 0 Å². The SMILES string of the molecule is CCCCCCCC/C=C/CCCCCCCCCC(CC(=O)NC(CO)C(O)CCCCCCCCCCCCCCCC)OC(=O)CCCCCCCCCCCCCCCCCCCC. The number of aliphatic hydroxyl groups excluding tert-OH is 2. The van der Waals surface area contributed by atoms with Crippen molar-refractivity contribution in [3.63, 3.8) is 0 Å². The largest absolute Gasteiger partial charge is 0.462 e. The van der Waals surface area contributed by atoms with Crippen molar-refractivity contribution in [2.45, 2.75) is 366 Å². The van der Waals surface area contributed by atoms with Gasteiger partial charge in [-0.05, 0) is 51.4 Å². The Morgan fingerprint density at radius 3 is 1.04 bits per heavy atom. The van der Waals surface area contributed by atoms with Gasteiger partial charge in [0, 0.05) is 6.42 Å². The van der Waals surface area contributed by atoms with Crippen LogP contribution >= 0.6 is 0 Å². The van der Waals surface area contributed by atoms with Gasteiger partial charge in [-0.25, -0.2) is 0 Å². The molecule has 0 fully saturated rings. The van der Waals surface area contributed by atoms with Crippen LogP contribution in [0.15, 0.2) is 12.2 Å². The van der Waals surface area contributed by atoms with Crippen molar-refractivity contribution in [2.75, 3.05) is 6.61 Å². The zero-order valence-corrected chi connectivity index (χ0v) is 46.3. The fourth-order valence-corrected chi connectivity index (χ4v) is 9.90. The van der Waals surface area contributed by atoms with Gasteiger partial charge in [0.15, 0.2) is 0 Å². The van der Waals surface area contributed by atoms with E-state index in [1.54, 1.807) is 0 Å². The van der Waals surface area contributed by atoms with Crippen LogP contribution in [-0.4, -0.2) is 46.9 Å². The van der Waals surface area contributed by atoms with E-state index in [1.807, 2.05) is 0 Å². The number of rotatable bonds is 57. The number of unbranched alkanes of at least 4 members (excludes halogenated alkanes) is 43. The van der Waals surface area contributed by atoms with Crippen LogP contribution in [0.5, 0.6) is 0 Å². The monoisotopic (exact) mass is 960 g/mol. The molecule has 1 amide bonds. The molecule has 0 radical (unpaired) electrons. The summed E-state index contributed by atoms with van der Waals surface area (Å²) < 4.78 is 5.98. The predicted octanol–water partition coefficient (Wildman–Crippen LogP) is 19.2. The second-order valence-corrected chi connectivity index (χ2v) is 21.5. The van der Waals surface area contributed by atoms with E-state index in [2.05, 4.69) is 38.2 Å². The standard InChI is InChI=1S/C62H121NO5/c1-4-7-10-13-16-19-22-25-28-30-32-34-37-40-43-46-49-52-55-62(67)68-58(53-50-47-44-41-38-35-33-31-29-26-23-20-17-14-11-8-5-2)56-61(66)63-59(57-64)60(65)54-51-48-45-42-39-36-27-24-21-18-15-12-9-6-3/h26,29,58-60,64-65H,4-25,27-28,30-57H2,1-3H3,(H,63,66)/b29-26+. The number of hydrogen-bond acceptors (Lipinski definition) is 5. The Morgan fingerprint density at radius 2 is 0.706 bits per heavy atom. The molecule has 0 saturated heterocycles. The van der Waals surface area contributed by atoms with E-state index in [0.29, 0.717) is 19.3 Å². The lowest BCUT2D eigenvalue weighted by Crippen LogP contribution is -2.46. The normalized spacial score (nSPS) is 13.1. The first-order valence-corrected chi connectivity index (χ1v) is 30.9. The Kier molecular flexibility index (Phi) is 55.3. The van der Waals surface area contributed by atoms with E-state index in [1.165, 1.54) is 250 Å². The lowest BCUT2D eigenvalue weighted by Gasteiger charge is -2.24. The molecule has 0 bridgehead atoms. The molecule has 0 aliphatic heterocycles. The summed E-state index contributed by atoms with van der Waals surface area (Å²) in [6.45, 7) is 6.54. The summed E-state index contributed by atoms with van der Waals surface area (Å²) in [4.78, 5) is 26.3. The fourth-order valence-electron chi connectivity index (χ4n) is 9.90. The third-order valence-corrected chi connectivity index (χ3v) is 14.6. The minimum absolute atomic E-state index is 0.0827. The lowest BCUT2D eigenvalue weighted by atomic mass is 10.0. The number of carbonyl (C=O) groups excluding carboxylic acids is 2. The molecular weight excluding hydrogens is 839 g/mol. The highest BCUT2D eigenvalue weighted by Crippen LogP contribution is 2.19. The van der Waals surface area contributed by atoms with E-state index < -0.39 is 18.2 Å². The first-order chi connectivity index (χ1) is 33.5. The number of carbonyl (C=O) groups is 2. The molecule has 0 aliphatic rings. The molecule has 68 heavy (non-hydrogen) atoms. The number of hydrogen-bond donors (Lipinski definition) is 3. The molecule has 0 aromatic heterocycles. The van der Waals surface area contributed by atoms with Crippen LogP contribution in [0.4, 0.5) is 0 Å². The molecule has 3 unspecified atom stereocenters. The maximum atomic E-state index is 13.3. The number of amides is 1. The molecule has 404 valence electrons. The molecular formula is C62H121NO5. The quantitative estimate of drug-likeness (QED) is 0.0321. The summed E-state index contributed by atoms with van der Waals surface area (Å²) in [7, 11) is 0. The second-order valence-electron chi connectivity index (χ2n) is 21.5.